The lowest BCUT2D eigenvalue weighted by molar-refractivity contribution is -0.914. The lowest BCUT2D eigenvalue weighted by Gasteiger charge is -2.36. The Morgan fingerprint density at radius 1 is 1.25 bits per heavy atom. The fraction of sp³-hybridized carbons (Fsp3) is 0.562. The van der Waals surface area contributed by atoms with E-state index < -0.39 is 0 Å². The summed E-state index contributed by atoms with van der Waals surface area (Å²) in [5.74, 6) is 0.899. The van der Waals surface area contributed by atoms with Gasteiger partial charge in [0.25, 0.3) is 0 Å². The third-order valence-corrected chi connectivity index (χ3v) is 4.29. The van der Waals surface area contributed by atoms with Crippen molar-refractivity contribution in [3.05, 3.63) is 29.8 Å². The summed E-state index contributed by atoms with van der Waals surface area (Å²) in [6.45, 7) is 5.40. The molecule has 1 aliphatic heterocycles. The number of hydrogen-bond acceptors (Lipinski definition) is 3. The second kappa shape index (κ2) is 6.27. The molecule has 1 aromatic rings. The maximum atomic E-state index is 12.2. The van der Waals surface area contributed by atoms with Crippen LogP contribution in [0.4, 0.5) is 0 Å². The number of methoxy groups -OCH3 is 1. The summed E-state index contributed by atoms with van der Waals surface area (Å²) in [5, 5.41) is 0. The summed E-state index contributed by atoms with van der Waals surface area (Å²) in [5.41, 5.74) is 0.580. The van der Waals surface area contributed by atoms with E-state index in [0.29, 0.717) is 17.5 Å². The Balaban J connectivity index is 1.99. The maximum absolute atomic E-state index is 12.2. The standard InChI is InChI=1S/C16H23NO3/c1-11-10-17(3)12(2)9-15(11)20-16(18)13-5-7-14(19-4)8-6-13/h5-8,11-12,15H,9-10H2,1-4H3/p+1/t11-,12-,15-/m1/s1. The van der Waals surface area contributed by atoms with E-state index in [1.165, 1.54) is 4.90 Å². The van der Waals surface area contributed by atoms with Crippen molar-refractivity contribution >= 4 is 5.97 Å². The van der Waals surface area contributed by atoms with Gasteiger partial charge in [-0.3, -0.25) is 0 Å². The second-order valence-corrected chi connectivity index (χ2v) is 5.84. The molecule has 4 heteroatoms. The lowest BCUT2D eigenvalue weighted by Crippen LogP contribution is -3.14. The van der Waals surface area contributed by atoms with Crippen molar-refractivity contribution in [3.63, 3.8) is 0 Å². The van der Waals surface area contributed by atoms with Crippen molar-refractivity contribution in [2.45, 2.75) is 32.4 Å². The van der Waals surface area contributed by atoms with Gasteiger partial charge in [0.15, 0.2) is 0 Å². The van der Waals surface area contributed by atoms with E-state index >= 15 is 0 Å². The molecule has 2 rings (SSSR count). The van der Waals surface area contributed by atoms with Gasteiger partial charge in [0.2, 0.25) is 0 Å². The van der Waals surface area contributed by atoms with Gasteiger partial charge in [-0.2, -0.15) is 0 Å². The molecule has 1 heterocycles. The zero-order chi connectivity index (χ0) is 14.7. The number of rotatable bonds is 3. The topological polar surface area (TPSA) is 40.0 Å². The SMILES string of the molecule is COc1ccc(C(=O)O[C@@H]2C[C@@H](C)[NH+](C)C[C@H]2C)cc1. The number of piperidine rings is 1. The van der Waals surface area contributed by atoms with Crippen LogP contribution in [0.3, 0.4) is 0 Å². The number of quaternary nitrogens is 1. The summed E-state index contributed by atoms with van der Waals surface area (Å²) in [7, 11) is 3.81. The molecule has 0 aromatic heterocycles. The molecule has 1 unspecified atom stereocenters. The number of carbonyl (C=O) groups excluding carboxylic acids is 1. The smallest absolute Gasteiger partial charge is 0.338 e. The van der Waals surface area contributed by atoms with E-state index in [-0.39, 0.29) is 12.1 Å². The van der Waals surface area contributed by atoms with Crippen molar-refractivity contribution in [1.29, 1.82) is 0 Å². The van der Waals surface area contributed by atoms with Crippen LogP contribution >= 0.6 is 0 Å². The predicted octanol–water partition coefficient (Wildman–Crippen LogP) is 1.16. The molecule has 0 bridgehead atoms. The minimum Gasteiger partial charge on any atom is -0.497 e. The molecule has 1 aromatic carbocycles. The molecule has 0 saturated carbocycles. The highest BCUT2D eigenvalue weighted by Gasteiger charge is 2.34. The second-order valence-electron chi connectivity index (χ2n) is 5.84. The number of nitrogens with one attached hydrogen (secondary N) is 1. The van der Waals surface area contributed by atoms with E-state index in [9.17, 15) is 4.79 Å². The molecular weight excluding hydrogens is 254 g/mol. The molecule has 1 aliphatic rings. The molecule has 1 saturated heterocycles. The molecule has 1 N–H and O–H groups in total. The summed E-state index contributed by atoms with van der Waals surface area (Å²) >= 11 is 0. The fourth-order valence-corrected chi connectivity index (χ4v) is 2.72. The summed E-state index contributed by atoms with van der Waals surface area (Å²) in [6, 6.07) is 7.58. The van der Waals surface area contributed by atoms with Gasteiger partial charge < -0.3 is 14.4 Å². The minimum absolute atomic E-state index is 0.0169. The summed E-state index contributed by atoms with van der Waals surface area (Å²) in [4.78, 5) is 13.7. The Kier molecular flexibility index (Phi) is 4.65. The van der Waals surface area contributed by atoms with Gasteiger partial charge >= 0.3 is 5.97 Å². The van der Waals surface area contributed by atoms with Crippen LogP contribution in [-0.4, -0.2) is 38.8 Å². The number of carbonyl (C=O) groups is 1. The highest BCUT2D eigenvalue weighted by molar-refractivity contribution is 5.89. The first-order chi connectivity index (χ1) is 9.51. The number of hydrogen-bond donors (Lipinski definition) is 1. The highest BCUT2D eigenvalue weighted by atomic mass is 16.5. The Morgan fingerprint density at radius 3 is 2.50 bits per heavy atom. The normalized spacial score (nSPS) is 29.8. The van der Waals surface area contributed by atoms with Crippen molar-refractivity contribution in [2.75, 3.05) is 20.7 Å². The Bertz CT molecular complexity index is 457. The molecule has 0 radical (unpaired) electrons. The first-order valence-electron chi connectivity index (χ1n) is 7.18. The number of esters is 1. The molecule has 20 heavy (non-hydrogen) atoms. The quantitative estimate of drug-likeness (QED) is 0.844. The van der Waals surface area contributed by atoms with Gasteiger partial charge in [0, 0.05) is 12.3 Å². The van der Waals surface area contributed by atoms with Gasteiger partial charge in [0.1, 0.15) is 11.9 Å². The Morgan fingerprint density at radius 2 is 1.90 bits per heavy atom. The lowest BCUT2D eigenvalue weighted by atomic mass is 9.92. The molecule has 110 valence electrons. The van der Waals surface area contributed by atoms with E-state index in [2.05, 4.69) is 20.9 Å². The predicted molar refractivity (Wildman–Crippen MR) is 77.2 cm³/mol. The average Bonchev–Trinajstić information content (AvgIpc) is 2.44. The third kappa shape index (κ3) is 3.31. The largest absolute Gasteiger partial charge is 0.497 e. The maximum Gasteiger partial charge on any atom is 0.338 e. The van der Waals surface area contributed by atoms with Crippen LogP contribution in [0.15, 0.2) is 24.3 Å². The number of likely N-dealkylation sites (tertiary alicyclic amines) is 1. The van der Waals surface area contributed by atoms with E-state index in [4.69, 9.17) is 9.47 Å². The van der Waals surface area contributed by atoms with Crippen LogP contribution in [0.5, 0.6) is 5.75 Å². The van der Waals surface area contributed by atoms with Crippen molar-refractivity contribution in [2.24, 2.45) is 5.92 Å². The molecule has 0 amide bonds. The molecule has 0 spiro atoms. The van der Waals surface area contributed by atoms with Crippen LogP contribution in [0.25, 0.3) is 0 Å². The zero-order valence-electron chi connectivity index (χ0n) is 12.7. The van der Waals surface area contributed by atoms with E-state index in [0.717, 1.165) is 18.7 Å². The minimum atomic E-state index is -0.240. The first kappa shape index (κ1) is 14.9. The monoisotopic (exact) mass is 278 g/mol. The first-order valence-corrected chi connectivity index (χ1v) is 7.18. The summed E-state index contributed by atoms with van der Waals surface area (Å²) < 4.78 is 10.8. The van der Waals surface area contributed by atoms with Gasteiger partial charge in [-0.25, -0.2) is 4.79 Å². The van der Waals surface area contributed by atoms with Crippen molar-refractivity contribution in [1.82, 2.24) is 0 Å². The average molecular weight is 278 g/mol. The zero-order valence-corrected chi connectivity index (χ0v) is 12.7. The molecule has 4 atom stereocenters. The highest BCUT2D eigenvalue weighted by Crippen LogP contribution is 2.19. The number of ether oxygens (including phenoxy) is 2. The van der Waals surface area contributed by atoms with E-state index in [1.807, 2.05) is 0 Å². The fourth-order valence-electron chi connectivity index (χ4n) is 2.72. The van der Waals surface area contributed by atoms with Gasteiger partial charge in [-0.05, 0) is 31.2 Å². The number of benzene rings is 1. The molecule has 0 aliphatic carbocycles. The summed E-state index contributed by atoms with van der Waals surface area (Å²) in [6.07, 6.45) is 0.942. The van der Waals surface area contributed by atoms with E-state index in [1.54, 1.807) is 31.4 Å². The van der Waals surface area contributed by atoms with Crippen LogP contribution in [0, 0.1) is 5.92 Å². The van der Waals surface area contributed by atoms with Crippen molar-refractivity contribution < 1.29 is 19.2 Å². The van der Waals surface area contributed by atoms with Crippen molar-refractivity contribution in [3.8, 4) is 5.75 Å². The van der Waals surface area contributed by atoms with Crippen LogP contribution < -0.4 is 9.64 Å². The van der Waals surface area contributed by atoms with Gasteiger partial charge in [0.05, 0.1) is 32.3 Å². The Hall–Kier alpha value is -1.55. The molecular formula is C16H24NO3+. The van der Waals surface area contributed by atoms with Crippen LogP contribution in [-0.2, 0) is 4.74 Å². The third-order valence-electron chi connectivity index (χ3n) is 4.29. The molecule has 1 fully saturated rings. The van der Waals surface area contributed by atoms with Gasteiger partial charge in [-0.15, -0.1) is 0 Å². The van der Waals surface area contributed by atoms with Crippen LogP contribution in [0.2, 0.25) is 0 Å². The van der Waals surface area contributed by atoms with Crippen LogP contribution in [0.1, 0.15) is 30.6 Å². The Labute approximate surface area is 120 Å². The van der Waals surface area contributed by atoms with Gasteiger partial charge in [-0.1, -0.05) is 6.92 Å². The molecule has 4 nitrogen and oxygen atoms in total.